The van der Waals surface area contributed by atoms with Crippen LogP contribution in [0.5, 0.6) is 0 Å². The molecule has 4 nitrogen and oxygen atoms in total. The maximum Gasteiger partial charge on any atom is 0.227 e. The zero-order valence-corrected chi connectivity index (χ0v) is 15.3. The number of amides is 1. The number of para-hydroxylation sites is 1. The van der Waals surface area contributed by atoms with Crippen LogP contribution in [0.3, 0.4) is 0 Å². The molecule has 6 heteroatoms. The van der Waals surface area contributed by atoms with Crippen molar-refractivity contribution in [3.05, 3.63) is 64.9 Å². The predicted octanol–water partition coefficient (Wildman–Crippen LogP) is 1.91. The van der Waals surface area contributed by atoms with E-state index in [9.17, 15) is 9.18 Å². The van der Waals surface area contributed by atoms with Gasteiger partial charge in [-0.15, -0.1) is 11.3 Å². The van der Waals surface area contributed by atoms with Crippen molar-refractivity contribution in [3.8, 4) is 0 Å². The molecule has 3 aromatic rings. The monoisotopic (exact) mass is 370 g/mol. The van der Waals surface area contributed by atoms with Crippen LogP contribution in [-0.4, -0.2) is 42.0 Å². The topological polar surface area (TPSA) is 37.6 Å². The van der Waals surface area contributed by atoms with Gasteiger partial charge in [0, 0.05) is 0 Å². The molecule has 1 aromatic heterocycles. The fraction of sp³-hybridized carbons (Fsp3) is 0.300. The number of hydrogen-bond donors (Lipinski definition) is 1. The van der Waals surface area contributed by atoms with E-state index in [0.29, 0.717) is 6.42 Å². The van der Waals surface area contributed by atoms with E-state index in [2.05, 4.69) is 12.1 Å². The fourth-order valence-corrected chi connectivity index (χ4v) is 4.39. The van der Waals surface area contributed by atoms with Crippen molar-refractivity contribution >= 4 is 27.5 Å². The van der Waals surface area contributed by atoms with Gasteiger partial charge in [-0.2, -0.15) is 0 Å². The summed E-state index contributed by atoms with van der Waals surface area (Å²) in [6, 6.07) is 14.4. The van der Waals surface area contributed by atoms with E-state index < -0.39 is 0 Å². The van der Waals surface area contributed by atoms with E-state index >= 15 is 0 Å². The van der Waals surface area contributed by atoms with Gasteiger partial charge < -0.3 is 9.80 Å². The molecular weight excluding hydrogens is 349 g/mol. The van der Waals surface area contributed by atoms with E-state index in [0.717, 1.165) is 48.8 Å². The number of aromatic nitrogens is 1. The Kier molecular flexibility index (Phi) is 4.95. The highest BCUT2D eigenvalue weighted by atomic mass is 32.1. The molecule has 1 aliphatic rings. The summed E-state index contributed by atoms with van der Waals surface area (Å²) in [5.41, 5.74) is 1.93. The van der Waals surface area contributed by atoms with Crippen LogP contribution in [0.2, 0.25) is 0 Å². The molecule has 0 spiro atoms. The number of quaternary nitrogens is 1. The largest absolute Gasteiger partial charge is 0.331 e. The maximum atomic E-state index is 13.0. The summed E-state index contributed by atoms with van der Waals surface area (Å²) >= 11 is 1.76. The van der Waals surface area contributed by atoms with E-state index in [1.807, 2.05) is 17.0 Å². The summed E-state index contributed by atoms with van der Waals surface area (Å²) in [5.74, 6) is -0.149. The summed E-state index contributed by atoms with van der Waals surface area (Å²) in [7, 11) is 0. The average molecular weight is 370 g/mol. The first-order valence-electron chi connectivity index (χ1n) is 8.87. The lowest BCUT2D eigenvalue weighted by Gasteiger charge is -2.32. The number of carbonyl (C=O) groups is 1. The van der Waals surface area contributed by atoms with Crippen molar-refractivity contribution in [2.24, 2.45) is 0 Å². The third-order valence-electron chi connectivity index (χ3n) is 4.83. The second kappa shape index (κ2) is 7.51. The second-order valence-electron chi connectivity index (χ2n) is 6.69. The molecule has 1 aliphatic heterocycles. The van der Waals surface area contributed by atoms with Crippen LogP contribution >= 0.6 is 11.3 Å². The fourth-order valence-electron chi connectivity index (χ4n) is 3.35. The van der Waals surface area contributed by atoms with Crippen molar-refractivity contribution in [1.29, 1.82) is 0 Å². The highest BCUT2D eigenvalue weighted by Crippen LogP contribution is 2.20. The molecule has 2 aromatic carbocycles. The first-order chi connectivity index (χ1) is 12.7. The molecule has 1 N–H and O–H groups in total. The van der Waals surface area contributed by atoms with E-state index in [4.69, 9.17) is 4.98 Å². The van der Waals surface area contributed by atoms with Gasteiger partial charge in [0.25, 0.3) is 0 Å². The van der Waals surface area contributed by atoms with Crippen LogP contribution in [0.25, 0.3) is 10.2 Å². The first-order valence-corrected chi connectivity index (χ1v) is 9.69. The number of nitrogens with one attached hydrogen (secondary N) is 1. The molecule has 1 amide bonds. The average Bonchev–Trinajstić information content (AvgIpc) is 3.06. The minimum absolute atomic E-state index is 0.121. The van der Waals surface area contributed by atoms with Crippen LogP contribution in [0.15, 0.2) is 48.5 Å². The lowest BCUT2D eigenvalue weighted by Crippen LogP contribution is -3.13. The van der Waals surface area contributed by atoms with Gasteiger partial charge in [0.05, 0.1) is 42.8 Å². The minimum atomic E-state index is -0.270. The molecule has 0 saturated carbocycles. The lowest BCUT2D eigenvalue weighted by atomic mass is 10.1. The van der Waals surface area contributed by atoms with Crippen molar-refractivity contribution in [2.45, 2.75) is 13.0 Å². The summed E-state index contributed by atoms with van der Waals surface area (Å²) in [6.07, 6.45) is 0.341. The molecule has 134 valence electrons. The normalized spacial score (nSPS) is 15.5. The van der Waals surface area contributed by atoms with Crippen molar-refractivity contribution in [3.63, 3.8) is 0 Å². The summed E-state index contributed by atoms with van der Waals surface area (Å²) < 4.78 is 14.2. The minimum Gasteiger partial charge on any atom is -0.331 e. The number of carbonyl (C=O) groups excluding carboxylic acids is 1. The predicted molar refractivity (Wildman–Crippen MR) is 101 cm³/mol. The number of hydrogen-bond acceptors (Lipinski definition) is 3. The van der Waals surface area contributed by atoms with E-state index in [1.54, 1.807) is 23.5 Å². The number of halogens is 1. The second-order valence-corrected chi connectivity index (χ2v) is 7.80. The van der Waals surface area contributed by atoms with Crippen LogP contribution in [0, 0.1) is 5.82 Å². The van der Waals surface area contributed by atoms with Crippen molar-refractivity contribution in [2.75, 3.05) is 26.2 Å². The highest BCUT2D eigenvalue weighted by Gasteiger charge is 2.24. The molecule has 2 heterocycles. The Morgan fingerprint density at radius 2 is 1.85 bits per heavy atom. The van der Waals surface area contributed by atoms with Gasteiger partial charge in [-0.05, 0) is 29.8 Å². The molecule has 0 aliphatic carbocycles. The third-order valence-corrected chi connectivity index (χ3v) is 5.87. The molecule has 0 atom stereocenters. The van der Waals surface area contributed by atoms with E-state index in [1.165, 1.54) is 21.7 Å². The number of thiazole rings is 1. The summed E-state index contributed by atoms with van der Waals surface area (Å²) in [5, 5.41) is 1.16. The summed E-state index contributed by atoms with van der Waals surface area (Å²) in [4.78, 5) is 20.5. The number of fused-ring (bicyclic) bond motifs is 1. The van der Waals surface area contributed by atoms with Gasteiger partial charge in [-0.25, -0.2) is 9.37 Å². The standard InChI is InChI=1S/C20H20FN3OS/c21-16-7-5-15(6-8-16)13-20(25)24-11-9-23(10-12-24)14-19-22-17-3-1-2-4-18(17)26-19/h1-8H,9-14H2/p+1. The molecule has 26 heavy (non-hydrogen) atoms. The zero-order chi connectivity index (χ0) is 17.9. The number of piperazine rings is 1. The van der Waals surface area contributed by atoms with Crippen molar-refractivity contribution < 1.29 is 14.1 Å². The van der Waals surface area contributed by atoms with Crippen molar-refractivity contribution in [1.82, 2.24) is 9.88 Å². The summed E-state index contributed by atoms with van der Waals surface area (Å²) in [6.45, 7) is 4.32. The quantitative estimate of drug-likeness (QED) is 0.762. The Bertz CT molecular complexity index is 868. The molecule has 4 rings (SSSR count). The number of benzene rings is 2. The van der Waals surface area contributed by atoms with Gasteiger partial charge >= 0.3 is 0 Å². The van der Waals surface area contributed by atoms with Gasteiger partial charge in [0.1, 0.15) is 17.4 Å². The highest BCUT2D eigenvalue weighted by molar-refractivity contribution is 7.18. The first kappa shape index (κ1) is 17.1. The molecule has 0 radical (unpaired) electrons. The Hall–Kier alpha value is -2.31. The van der Waals surface area contributed by atoms with Crippen LogP contribution in [0.4, 0.5) is 4.39 Å². The molecule has 1 fully saturated rings. The number of rotatable bonds is 4. The smallest absolute Gasteiger partial charge is 0.227 e. The van der Waals surface area contributed by atoms with Crippen LogP contribution in [-0.2, 0) is 17.8 Å². The third kappa shape index (κ3) is 3.92. The molecule has 1 saturated heterocycles. The van der Waals surface area contributed by atoms with Gasteiger partial charge in [-0.3, -0.25) is 4.79 Å². The van der Waals surface area contributed by atoms with Crippen LogP contribution in [0.1, 0.15) is 10.6 Å². The van der Waals surface area contributed by atoms with Gasteiger partial charge in [0.15, 0.2) is 0 Å². The lowest BCUT2D eigenvalue weighted by molar-refractivity contribution is -0.917. The van der Waals surface area contributed by atoms with E-state index in [-0.39, 0.29) is 11.7 Å². The Morgan fingerprint density at radius 3 is 2.58 bits per heavy atom. The maximum absolute atomic E-state index is 13.0. The molecular formula is C20H21FN3OS+. The SMILES string of the molecule is O=C(Cc1ccc(F)cc1)N1CC[NH+](Cc2nc3ccccc3s2)CC1. The number of nitrogens with zero attached hydrogens (tertiary/aromatic N) is 2. The Balaban J connectivity index is 1.30. The zero-order valence-electron chi connectivity index (χ0n) is 14.5. The Labute approximate surface area is 155 Å². The van der Waals surface area contributed by atoms with Crippen LogP contribution < -0.4 is 4.90 Å². The van der Waals surface area contributed by atoms with Gasteiger partial charge in [0.2, 0.25) is 5.91 Å². The molecule has 0 unspecified atom stereocenters. The Morgan fingerprint density at radius 1 is 1.12 bits per heavy atom. The molecule has 0 bridgehead atoms. The van der Waals surface area contributed by atoms with Gasteiger partial charge in [-0.1, -0.05) is 24.3 Å².